The van der Waals surface area contributed by atoms with Crippen LogP contribution in [0.3, 0.4) is 0 Å². The van der Waals surface area contributed by atoms with Gasteiger partial charge in [0.2, 0.25) is 5.95 Å². The molecule has 1 N–H and O–H groups in total. The van der Waals surface area contributed by atoms with E-state index in [1.54, 1.807) is 6.20 Å². The Hall–Kier alpha value is -1.84. The fourth-order valence-corrected chi connectivity index (χ4v) is 3.39. The van der Waals surface area contributed by atoms with Crippen molar-refractivity contribution in [2.24, 2.45) is 5.92 Å². The Kier molecular flexibility index (Phi) is 5.91. The lowest BCUT2D eigenvalue weighted by Crippen LogP contribution is -2.44. The van der Waals surface area contributed by atoms with Crippen molar-refractivity contribution in [1.29, 1.82) is 0 Å². The van der Waals surface area contributed by atoms with Crippen LogP contribution in [0, 0.1) is 11.9 Å². The number of aromatic nitrogens is 1. The van der Waals surface area contributed by atoms with Crippen LogP contribution in [0.4, 0.5) is 4.39 Å². The van der Waals surface area contributed by atoms with Crippen molar-refractivity contribution in [3.63, 3.8) is 0 Å². The Morgan fingerprint density at radius 1 is 1.36 bits per heavy atom. The molecule has 0 saturated heterocycles. The second-order valence-corrected chi connectivity index (χ2v) is 8.04. The van der Waals surface area contributed by atoms with Crippen molar-refractivity contribution < 1.29 is 4.39 Å². The van der Waals surface area contributed by atoms with Crippen LogP contribution < -0.4 is 5.32 Å². The highest BCUT2D eigenvalue weighted by Crippen LogP contribution is 2.33. The second-order valence-electron chi connectivity index (χ2n) is 8.04. The number of nitrogens with zero attached hydrogens (tertiary/aromatic N) is 2. The first-order valence-corrected chi connectivity index (χ1v) is 9.19. The topological polar surface area (TPSA) is 28.2 Å². The van der Waals surface area contributed by atoms with E-state index < -0.39 is 5.95 Å². The third kappa shape index (κ3) is 4.42. The van der Waals surface area contributed by atoms with Crippen LogP contribution in [0.25, 0.3) is 0 Å². The van der Waals surface area contributed by atoms with Crippen LogP contribution in [0.15, 0.2) is 41.9 Å². The molecule has 3 nitrogen and oxygen atoms in total. The smallest absolute Gasteiger partial charge is 0.212 e. The average Bonchev–Trinajstić information content (AvgIpc) is 2.55. The van der Waals surface area contributed by atoms with Gasteiger partial charge in [0.25, 0.3) is 0 Å². The monoisotopic (exact) mass is 345 g/mol. The van der Waals surface area contributed by atoms with Crippen LogP contribution in [0.1, 0.15) is 66.0 Å². The third-order valence-corrected chi connectivity index (χ3v) is 5.26. The maximum atomic E-state index is 13.2. The van der Waals surface area contributed by atoms with Gasteiger partial charge in [-0.05, 0) is 50.8 Å². The van der Waals surface area contributed by atoms with E-state index in [9.17, 15) is 4.39 Å². The highest BCUT2D eigenvalue weighted by atomic mass is 19.1. The van der Waals surface area contributed by atoms with Gasteiger partial charge in [-0.15, -0.1) is 0 Å². The predicted molar refractivity (Wildman–Crippen MR) is 102 cm³/mol. The average molecular weight is 346 g/mol. The summed E-state index contributed by atoms with van der Waals surface area (Å²) in [6, 6.07) is 3.40. The number of rotatable bonds is 5. The van der Waals surface area contributed by atoms with Gasteiger partial charge in [0.15, 0.2) is 0 Å². The number of hydrogen-bond donors (Lipinski definition) is 1. The molecule has 1 aliphatic rings. The van der Waals surface area contributed by atoms with Gasteiger partial charge in [0.1, 0.15) is 0 Å². The lowest BCUT2D eigenvalue weighted by molar-refractivity contribution is 0.182. The summed E-state index contributed by atoms with van der Waals surface area (Å²) in [5.74, 6) is -0.0182. The summed E-state index contributed by atoms with van der Waals surface area (Å²) in [6.45, 7) is 18.5. The van der Waals surface area contributed by atoms with Gasteiger partial charge in [0, 0.05) is 36.1 Å². The summed E-state index contributed by atoms with van der Waals surface area (Å²) in [5, 5.41) is 3.72. The fraction of sp³-hybridized carbons (Fsp3) is 0.571. The molecule has 4 heteroatoms. The summed E-state index contributed by atoms with van der Waals surface area (Å²) < 4.78 is 13.2. The Bertz CT molecular complexity index is 640. The van der Waals surface area contributed by atoms with Gasteiger partial charge in [-0.2, -0.15) is 4.39 Å². The lowest BCUT2D eigenvalue weighted by Gasteiger charge is -2.43. The molecule has 1 aromatic rings. The van der Waals surface area contributed by atoms with Gasteiger partial charge < -0.3 is 10.2 Å². The van der Waals surface area contributed by atoms with Crippen molar-refractivity contribution in [3.05, 3.63) is 53.4 Å². The van der Waals surface area contributed by atoms with E-state index in [1.165, 1.54) is 17.3 Å². The Morgan fingerprint density at radius 3 is 2.56 bits per heavy atom. The Morgan fingerprint density at radius 2 is 2.04 bits per heavy atom. The fourth-order valence-electron chi connectivity index (χ4n) is 3.39. The number of allylic oxidation sites excluding steroid dienone is 1. The van der Waals surface area contributed by atoms with Gasteiger partial charge >= 0.3 is 0 Å². The molecule has 2 heterocycles. The van der Waals surface area contributed by atoms with E-state index in [0.717, 1.165) is 30.6 Å². The predicted octanol–water partition coefficient (Wildman–Crippen LogP) is 5.19. The molecule has 25 heavy (non-hydrogen) atoms. The quantitative estimate of drug-likeness (QED) is 0.744. The lowest BCUT2D eigenvalue weighted by atomic mass is 9.91. The molecular formula is C21H32FN3. The van der Waals surface area contributed by atoms with E-state index >= 15 is 0 Å². The summed E-state index contributed by atoms with van der Waals surface area (Å²) in [4.78, 5) is 6.21. The van der Waals surface area contributed by atoms with E-state index in [1.807, 2.05) is 6.07 Å². The SMILES string of the molecule is C=C1C(C)=C(NC(c2ccc(F)nc2)C(C)CC)CCN1C(C)(C)C. The first-order chi connectivity index (χ1) is 11.6. The standard InChI is InChI=1S/C21H32FN3/c1-8-14(2)20(17-9-10-19(22)23-13-17)24-18-11-12-25(21(5,6)7)16(4)15(18)3/h9-10,13-14,20,24H,4,8,11-12H2,1-3,5-7H3. The van der Waals surface area contributed by atoms with Crippen LogP contribution >= 0.6 is 0 Å². The molecule has 0 radical (unpaired) electrons. The van der Waals surface area contributed by atoms with Crippen LogP contribution in [-0.4, -0.2) is 22.0 Å². The minimum atomic E-state index is -0.436. The molecule has 0 spiro atoms. The molecule has 1 aliphatic heterocycles. The summed E-state index contributed by atoms with van der Waals surface area (Å²) >= 11 is 0. The molecule has 0 saturated carbocycles. The molecular weight excluding hydrogens is 313 g/mol. The molecule has 2 unspecified atom stereocenters. The number of hydrogen-bond acceptors (Lipinski definition) is 3. The van der Waals surface area contributed by atoms with Gasteiger partial charge in [-0.3, -0.25) is 0 Å². The van der Waals surface area contributed by atoms with E-state index in [-0.39, 0.29) is 11.6 Å². The van der Waals surface area contributed by atoms with Crippen molar-refractivity contribution >= 4 is 0 Å². The summed E-state index contributed by atoms with van der Waals surface area (Å²) in [7, 11) is 0. The third-order valence-electron chi connectivity index (χ3n) is 5.26. The van der Waals surface area contributed by atoms with E-state index in [0.29, 0.717) is 5.92 Å². The molecule has 2 rings (SSSR count). The number of pyridine rings is 1. The zero-order valence-electron chi connectivity index (χ0n) is 16.5. The molecule has 0 bridgehead atoms. The normalized spacial score (nSPS) is 18.4. The van der Waals surface area contributed by atoms with Crippen LogP contribution in [-0.2, 0) is 0 Å². The first kappa shape index (κ1) is 19.5. The zero-order valence-corrected chi connectivity index (χ0v) is 16.5. The first-order valence-electron chi connectivity index (χ1n) is 9.19. The highest BCUT2D eigenvalue weighted by Gasteiger charge is 2.29. The summed E-state index contributed by atoms with van der Waals surface area (Å²) in [6.07, 6.45) is 3.65. The van der Waals surface area contributed by atoms with E-state index in [4.69, 9.17) is 0 Å². The molecule has 0 aromatic carbocycles. The molecule has 2 atom stereocenters. The van der Waals surface area contributed by atoms with Crippen molar-refractivity contribution in [2.75, 3.05) is 6.54 Å². The molecule has 138 valence electrons. The highest BCUT2D eigenvalue weighted by molar-refractivity contribution is 5.35. The largest absolute Gasteiger partial charge is 0.381 e. The maximum Gasteiger partial charge on any atom is 0.212 e. The van der Waals surface area contributed by atoms with E-state index in [2.05, 4.69) is 63.3 Å². The minimum absolute atomic E-state index is 0.0703. The maximum absolute atomic E-state index is 13.2. The second kappa shape index (κ2) is 7.59. The van der Waals surface area contributed by atoms with Crippen LogP contribution in [0.5, 0.6) is 0 Å². The molecule has 1 aromatic heterocycles. The number of nitrogens with one attached hydrogen (secondary N) is 1. The van der Waals surface area contributed by atoms with Crippen molar-refractivity contribution in [1.82, 2.24) is 15.2 Å². The van der Waals surface area contributed by atoms with Crippen LogP contribution in [0.2, 0.25) is 0 Å². The molecule has 0 amide bonds. The molecule has 0 aliphatic carbocycles. The molecule has 0 fully saturated rings. The number of halogens is 1. The van der Waals surface area contributed by atoms with Gasteiger partial charge in [-0.25, -0.2) is 4.98 Å². The zero-order chi connectivity index (χ0) is 18.8. The van der Waals surface area contributed by atoms with Crippen molar-refractivity contribution in [2.45, 2.75) is 66.0 Å². The Balaban J connectivity index is 2.28. The Labute approximate surface area is 152 Å². The van der Waals surface area contributed by atoms with Crippen molar-refractivity contribution in [3.8, 4) is 0 Å². The summed E-state index contributed by atoms with van der Waals surface area (Å²) in [5.41, 5.74) is 4.63. The van der Waals surface area contributed by atoms with Gasteiger partial charge in [0.05, 0.1) is 6.04 Å². The van der Waals surface area contributed by atoms with Gasteiger partial charge in [-0.1, -0.05) is 32.9 Å². The minimum Gasteiger partial charge on any atom is -0.381 e.